The molecule has 3 aromatic carbocycles. The van der Waals surface area contributed by atoms with Crippen LogP contribution < -0.4 is 15.8 Å². The first-order valence-corrected chi connectivity index (χ1v) is 9.45. The van der Waals surface area contributed by atoms with E-state index >= 15 is 0 Å². The number of carbonyl (C=O) groups is 1. The Balaban J connectivity index is 1.56. The number of amides is 1. The SMILES string of the molecule is NC(=O)C(NCc1ccc(OCc2cccc(Br)c2)cc1)c1ccccc1. The Hall–Kier alpha value is -2.63. The van der Waals surface area contributed by atoms with Gasteiger partial charge in [-0.2, -0.15) is 0 Å². The van der Waals surface area contributed by atoms with Crippen LogP contribution >= 0.6 is 15.9 Å². The number of primary amides is 1. The Morgan fingerprint density at radius 2 is 1.70 bits per heavy atom. The van der Waals surface area contributed by atoms with Gasteiger partial charge in [0, 0.05) is 11.0 Å². The molecule has 0 heterocycles. The lowest BCUT2D eigenvalue weighted by Gasteiger charge is -2.16. The Morgan fingerprint density at radius 1 is 0.963 bits per heavy atom. The molecule has 1 atom stereocenters. The minimum Gasteiger partial charge on any atom is -0.489 e. The highest BCUT2D eigenvalue weighted by molar-refractivity contribution is 9.10. The molecule has 1 unspecified atom stereocenters. The van der Waals surface area contributed by atoms with E-state index in [0.717, 1.165) is 26.9 Å². The van der Waals surface area contributed by atoms with E-state index in [9.17, 15) is 4.79 Å². The minimum absolute atomic E-state index is 0.393. The molecule has 0 aromatic heterocycles. The summed E-state index contributed by atoms with van der Waals surface area (Å²) in [5, 5.41) is 3.21. The van der Waals surface area contributed by atoms with Crippen molar-refractivity contribution in [3.05, 3.63) is 100 Å². The number of hydrogen-bond acceptors (Lipinski definition) is 3. The molecule has 0 spiro atoms. The van der Waals surface area contributed by atoms with Gasteiger partial charge in [0.05, 0.1) is 0 Å². The molecule has 27 heavy (non-hydrogen) atoms. The van der Waals surface area contributed by atoms with E-state index in [4.69, 9.17) is 10.5 Å². The molecule has 4 nitrogen and oxygen atoms in total. The molecule has 0 bridgehead atoms. The lowest BCUT2D eigenvalue weighted by molar-refractivity contribution is -0.120. The molecule has 1 amide bonds. The van der Waals surface area contributed by atoms with E-state index in [1.807, 2.05) is 78.9 Å². The molecule has 3 aromatic rings. The monoisotopic (exact) mass is 424 g/mol. The van der Waals surface area contributed by atoms with Gasteiger partial charge in [-0.3, -0.25) is 10.1 Å². The van der Waals surface area contributed by atoms with Crippen molar-refractivity contribution in [2.24, 2.45) is 5.73 Å². The third kappa shape index (κ3) is 5.67. The van der Waals surface area contributed by atoms with Crippen molar-refractivity contribution in [3.8, 4) is 5.75 Å². The van der Waals surface area contributed by atoms with Crippen molar-refractivity contribution in [1.82, 2.24) is 5.32 Å². The lowest BCUT2D eigenvalue weighted by atomic mass is 10.1. The standard InChI is InChI=1S/C22H21BrN2O2/c23-19-8-4-5-17(13-19)15-27-20-11-9-16(10-12-20)14-25-21(22(24)26)18-6-2-1-3-7-18/h1-13,21,25H,14-15H2,(H2,24,26). The molecule has 0 fully saturated rings. The van der Waals surface area contributed by atoms with Crippen LogP contribution in [0.2, 0.25) is 0 Å². The van der Waals surface area contributed by atoms with Crippen LogP contribution in [0, 0.1) is 0 Å². The lowest BCUT2D eigenvalue weighted by Crippen LogP contribution is -2.33. The number of hydrogen-bond donors (Lipinski definition) is 2. The molecule has 5 heteroatoms. The molecule has 138 valence electrons. The highest BCUT2D eigenvalue weighted by Crippen LogP contribution is 2.18. The normalized spacial score (nSPS) is 11.7. The van der Waals surface area contributed by atoms with Crippen molar-refractivity contribution in [2.75, 3.05) is 0 Å². The van der Waals surface area contributed by atoms with Crippen molar-refractivity contribution in [2.45, 2.75) is 19.2 Å². The molecule has 0 saturated carbocycles. The van der Waals surface area contributed by atoms with Crippen LogP contribution in [-0.4, -0.2) is 5.91 Å². The zero-order valence-corrected chi connectivity index (χ0v) is 16.4. The summed E-state index contributed by atoms with van der Waals surface area (Å²) in [5.74, 6) is 0.406. The molecule has 0 saturated heterocycles. The van der Waals surface area contributed by atoms with Gasteiger partial charge in [-0.1, -0.05) is 70.5 Å². The number of carbonyl (C=O) groups excluding carboxylic acids is 1. The van der Waals surface area contributed by atoms with Crippen LogP contribution in [-0.2, 0) is 17.9 Å². The molecule has 3 N–H and O–H groups in total. The van der Waals surface area contributed by atoms with Crippen LogP contribution in [0.3, 0.4) is 0 Å². The average Bonchev–Trinajstić information content (AvgIpc) is 2.68. The topological polar surface area (TPSA) is 64.4 Å². The summed E-state index contributed by atoms with van der Waals surface area (Å²) in [6.45, 7) is 1.04. The van der Waals surface area contributed by atoms with Gasteiger partial charge in [-0.25, -0.2) is 0 Å². The van der Waals surface area contributed by atoms with Gasteiger partial charge in [0.2, 0.25) is 5.91 Å². The Kier molecular flexibility index (Phi) is 6.63. The highest BCUT2D eigenvalue weighted by atomic mass is 79.9. The van der Waals surface area contributed by atoms with Gasteiger partial charge >= 0.3 is 0 Å². The van der Waals surface area contributed by atoms with Gasteiger partial charge < -0.3 is 10.5 Å². The Labute approximate surface area is 167 Å². The zero-order valence-electron chi connectivity index (χ0n) is 14.8. The molecule has 0 radical (unpaired) electrons. The van der Waals surface area contributed by atoms with Crippen LogP contribution in [0.15, 0.2) is 83.3 Å². The summed E-state index contributed by atoms with van der Waals surface area (Å²) in [6.07, 6.45) is 0. The number of rotatable bonds is 8. The van der Waals surface area contributed by atoms with E-state index in [1.54, 1.807) is 0 Å². The maximum atomic E-state index is 11.8. The predicted molar refractivity (Wildman–Crippen MR) is 110 cm³/mol. The van der Waals surface area contributed by atoms with Crippen LogP contribution in [0.5, 0.6) is 5.75 Å². The molecule has 3 rings (SSSR count). The van der Waals surface area contributed by atoms with E-state index in [0.29, 0.717) is 13.2 Å². The molecule has 0 aliphatic heterocycles. The first-order chi connectivity index (χ1) is 13.1. The van der Waals surface area contributed by atoms with Gasteiger partial charge in [-0.15, -0.1) is 0 Å². The highest BCUT2D eigenvalue weighted by Gasteiger charge is 2.16. The maximum absolute atomic E-state index is 11.8. The summed E-state index contributed by atoms with van der Waals surface area (Å²) < 4.78 is 6.85. The average molecular weight is 425 g/mol. The maximum Gasteiger partial charge on any atom is 0.239 e. The van der Waals surface area contributed by atoms with Gasteiger partial charge in [0.1, 0.15) is 18.4 Å². The summed E-state index contributed by atoms with van der Waals surface area (Å²) in [5.41, 5.74) is 8.55. The fourth-order valence-electron chi connectivity index (χ4n) is 2.75. The number of ether oxygens (including phenoxy) is 1. The van der Waals surface area contributed by atoms with Gasteiger partial charge in [0.25, 0.3) is 0 Å². The van der Waals surface area contributed by atoms with Crippen LogP contribution in [0.4, 0.5) is 0 Å². The minimum atomic E-state index is -0.515. The third-order valence-electron chi connectivity index (χ3n) is 4.15. The second kappa shape index (κ2) is 9.35. The van der Waals surface area contributed by atoms with Crippen LogP contribution in [0.1, 0.15) is 22.7 Å². The number of nitrogens with two attached hydrogens (primary N) is 1. The first kappa shape index (κ1) is 19.1. The molecule has 0 aliphatic carbocycles. The largest absolute Gasteiger partial charge is 0.489 e. The van der Waals surface area contributed by atoms with E-state index in [2.05, 4.69) is 21.2 Å². The molecular formula is C22H21BrN2O2. The van der Waals surface area contributed by atoms with E-state index in [-0.39, 0.29) is 0 Å². The van der Waals surface area contributed by atoms with Crippen molar-refractivity contribution >= 4 is 21.8 Å². The molecule has 0 aliphatic rings. The van der Waals surface area contributed by atoms with Gasteiger partial charge in [0.15, 0.2) is 0 Å². The van der Waals surface area contributed by atoms with Crippen molar-refractivity contribution in [1.29, 1.82) is 0 Å². The Morgan fingerprint density at radius 3 is 2.37 bits per heavy atom. The number of halogens is 1. The second-order valence-electron chi connectivity index (χ2n) is 6.19. The van der Waals surface area contributed by atoms with Crippen LogP contribution in [0.25, 0.3) is 0 Å². The Bertz CT molecular complexity index is 882. The summed E-state index contributed by atoms with van der Waals surface area (Å²) in [4.78, 5) is 11.8. The second-order valence-corrected chi connectivity index (χ2v) is 7.11. The van der Waals surface area contributed by atoms with Gasteiger partial charge in [-0.05, 0) is 41.0 Å². The number of benzene rings is 3. The molecular weight excluding hydrogens is 404 g/mol. The van der Waals surface area contributed by atoms with E-state index in [1.165, 1.54) is 0 Å². The van der Waals surface area contributed by atoms with Crippen molar-refractivity contribution < 1.29 is 9.53 Å². The quantitative estimate of drug-likeness (QED) is 0.564. The third-order valence-corrected chi connectivity index (χ3v) is 4.64. The summed E-state index contributed by atoms with van der Waals surface area (Å²) in [6, 6.07) is 24.8. The fraction of sp³-hybridized carbons (Fsp3) is 0.136. The summed E-state index contributed by atoms with van der Waals surface area (Å²) >= 11 is 3.46. The smallest absolute Gasteiger partial charge is 0.239 e. The zero-order chi connectivity index (χ0) is 19.1. The summed E-state index contributed by atoms with van der Waals surface area (Å²) in [7, 11) is 0. The van der Waals surface area contributed by atoms with Crippen molar-refractivity contribution in [3.63, 3.8) is 0 Å². The number of nitrogens with one attached hydrogen (secondary N) is 1. The predicted octanol–water partition coefficient (Wildman–Crippen LogP) is 4.34. The fourth-order valence-corrected chi connectivity index (χ4v) is 3.19. The van der Waals surface area contributed by atoms with E-state index < -0.39 is 11.9 Å². The first-order valence-electron chi connectivity index (χ1n) is 8.65.